The average Bonchev–Trinajstić information content (AvgIpc) is 2.57. The van der Waals surface area contributed by atoms with Gasteiger partial charge in [-0.05, 0) is 43.0 Å². The lowest BCUT2D eigenvalue weighted by atomic mass is 10.1. The molecule has 0 saturated carbocycles. The summed E-state index contributed by atoms with van der Waals surface area (Å²) in [5.41, 5.74) is 4.56. The van der Waals surface area contributed by atoms with Gasteiger partial charge in [-0.1, -0.05) is 48.5 Å². The fourth-order valence-corrected chi connectivity index (χ4v) is 2.35. The molecule has 1 N–H and O–H groups in total. The van der Waals surface area contributed by atoms with Crippen LogP contribution in [0.25, 0.3) is 0 Å². The topological polar surface area (TPSA) is 37.8 Å². The Bertz CT molecular complexity index is 724. The van der Waals surface area contributed by atoms with E-state index in [0.29, 0.717) is 5.95 Å². The number of hydrogen-bond acceptors (Lipinski definition) is 3. The number of nitrogens with zero attached hydrogens (tertiary/aromatic N) is 2. The van der Waals surface area contributed by atoms with E-state index < -0.39 is 0 Å². The van der Waals surface area contributed by atoms with Crippen LogP contribution in [-0.2, 0) is 12.8 Å². The number of hydrogen-bond donors (Lipinski definition) is 1. The standard InChI is InChI=1S/C19H19N3/c1-15-14-20-19(21-17-10-6-3-7-11-17)22-18(15)13-12-16-8-4-2-5-9-16/h2-11,14H,12-13H2,1H3,(H,20,21,22). The molecule has 3 aromatic rings. The maximum atomic E-state index is 4.66. The first-order valence-corrected chi connectivity index (χ1v) is 7.50. The SMILES string of the molecule is Cc1cnc(Nc2ccccc2)nc1CCc1ccccc1. The molecule has 0 atom stereocenters. The highest BCUT2D eigenvalue weighted by Crippen LogP contribution is 2.15. The molecule has 0 aliphatic heterocycles. The predicted molar refractivity (Wildman–Crippen MR) is 90.3 cm³/mol. The lowest BCUT2D eigenvalue weighted by Gasteiger charge is -2.09. The minimum Gasteiger partial charge on any atom is -0.324 e. The van der Waals surface area contributed by atoms with Gasteiger partial charge in [0.25, 0.3) is 0 Å². The number of rotatable bonds is 5. The highest BCUT2D eigenvalue weighted by molar-refractivity contribution is 5.52. The highest BCUT2D eigenvalue weighted by atomic mass is 15.1. The minimum atomic E-state index is 0.653. The third-order valence-electron chi connectivity index (χ3n) is 3.60. The van der Waals surface area contributed by atoms with Gasteiger partial charge in [0.05, 0.1) is 0 Å². The van der Waals surface area contributed by atoms with Crippen LogP contribution in [0.4, 0.5) is 11.6 Å². The molecule has 0 spiro atoms. The van der Waals surface area contributed by atoms with Crippen LogP contribution in [0.15, 0.2) is 66.9 Å². The van der Waals surface area contributed by atoms with Crippen molar-refractivity contribution in [2.75, 3.05) is 5.32 Å². The van der Waals surface area contributed by atoms with Crippen LogP contribution in [0.3, 0.4) is 0 Å². The van der Waals surface area contributed by atoms with E-state index in [9.17, 15) is 0 Å². The third-order valence-corrected chi connectivity index (χ3v) is 3.60. The van der Waals surface area contributed by atoms with Crippen molar-refractivity contribution in [2.45, 2.75) is 19.8 Å². The second kappa shape index (κ2) is 6.85. The van der Waals surface area contributed by atoms with Gasteiger partial charge in [0, 0.05) is 17.6 Å². The second-order valence-corrected chi connectivity index (χ2v) is 5.30. The molecule has 0 radical (unpaired) electrons. The average molecular weight is 289 g/mol. The summed E-state index contributed by atoms with van der Waals surface area (Å²) in [7, 11) is 0. The molecular weight excluding hydrogens is 270 g/mol. The lowest BCUT2D eigenvalue weighted by molar-refractivity contribution is 0.888. The summed E-state index contributed by atoms with van der Waals surface area (Å²) < 4.78 is 0. The van der Waals surface area contributed by atoms with Crippen LogP contribution < -0.4 is 5.32 Å². The second-order valence-electron chi connectivity index (χ2n) is 5.30. The molecule has 22 heavy (non-hydrogen) atoms. The van der Waals surface area contributed by atoms with Crippen LogP contribution in [-0.4, -0.2) is 9.97 Å². The van der Waals surface area contributed by atoms with Gasteiger partial charge in [0.1, 0.15) is 0 Å². The van der Waals surface area contributed by atoms with Gasteiger partial charge in [-0.2, -0.15) is 0 Å². The Morgan fingerprint density at radius 1 is 0.864 bits per heavy atom. The summed E-state index contributed by atoms with van der Waals surface area (Å²) in [6, 6.07) is 20.5. The van der Waals surface area contributed by atoms with Gasteiger partial charge in [-0.3, -0.25) is 0 Å². The molecule has 1 aromatic heterocycles. The Labute approximate surface area is 131 Å². The number of benzene rings is 2. The molecule has 3 rings (SSSR count). The van der Waals surface area contributed by atoms with Crippen molar-refractivity contribution in [3.8, 4) is 0 Å². The fraction of sp³-hybridized carbons (Fsp3) is 0.158. The van der Waals surface area contributed by atoms with E-state index in [1.807, 2.05) is 42.6 Å². The number of nitrogens with one attached hydrogen (secondary N) is 1. The molecule has 0 bridgehead atoms. The zero-order valence-electron chi connectivity index (χ0n) is 12.7. The number of aryl methyl sites for hydroxylation is 3. The summed E-state index contributed by atoms with van der Waals surface area (Å²) in [5, 5.41) is 3.25. The van der Waals surface area contributed by atoms with Gasteiger partial charge in [0.15, 0.2) is 0 Å². The van der Waals surface area contributed by atoms with Crippen LogP contribution in [0.2, 0.25) is 0 Å². The van der Waals surface area contributed by atoms with Gasteiger partial charge in [0.2, 0.25) is 5.95 Å². The highest BCUT2D eigenvalue weighted by Gasteiger charge is 2.05. The smallest absolute Gasteiger partial charge is 0.227 e. The van der Waals surface area contributed by atoms with Crippen molar-refractivity contribution in [3.63, 3.8) is 0 Å². The third kappa shape index (κ3) is 3.70. The van der Waals surface area contributed by atoms with Crippen molar-refractivity contribution >= 4 is 11.6 Å². The number of para-hydroxylation sites is 1. The summed E-state index contributed by atoms with van der Waals surface area (Å²) in [4.78, 5) is 9.03. The predicted octanol–water partition coefficient (Wildman–Crippen LogP) is 4.31. The van der Waals surface area contributed by atoms with Crippen LogP contribution >= 0.6 is 0 Å². The summed E-state index contributed by atoms with van der Waals surface area (Å²) in [6.07, 6.45) is 3.80. The molecule has 0 saturated heterocycles. The van der Waals surface area contributed by atoms with E-state index >= 15 is 0 Å². The molecule has 0 fully saturated rings. The van der Waals surface area contributed by atoms with Gasteiger partial charge in [-0.15, -0.1) is 0 Å². The van der Waals surface area contributed by atoms with Gasteiger partial charge >= 0.3 is 0 Å². The monoisotopic (exact) mass is 289 g/mol. The van der Waals surface area contributed by atoms with Gasteiger partial charge < -0.3 is 5.32 Å². The molecule has 110 valence electrons. The Balaban J connectivity index is 1.72. The molecular formula is C19H19N3. The number of aromatic nitrogens is 2. The Morgan fingerprint density at radius 3 is 2.27 bits per heavy atom. The number of anilines is 2. The summed E-state index contributed by atoms with van der Waals surface area (Å²) in [6.45, 7) is 2.06. The molecule has 3 nitrogen and oxygen atoms in total. The molecule has 0 aliphatic rings. The van der Waals surface area contributed by atoms with E-state index in [4.69, 9.17) is 0 Å². The van der Waals surface area contributed by atoms with E-state index in [1.54, 1.807) is 0 Å². The van der Waals surface area contributed by atoms with E-state index in [0.717, 1.165) is 29.8 Å². The summed E-state index contributed by atoms with van der Waals surface area (Å²) in [5.74, 6) is 0.653. The lowest BCUT2D eigenvalue weighted by Crippen LogP contribution is -2.03. The fourth-order valence-electron chi connectivity index (χ4n) is 2.35. The van der Waals surface area contributed by atoms with Crippen molar-refractivity contribution in [1.82, 2.24) is 9.97 Å². The quantitative estimate of drug-likeness (QED) is 0.760. The Hall–Kier alpha value is -2.68. The largest absolute Gasteiger partial charge is 0.324 e. The first-order valence-electron chi connectivity index (χ1n) is 7.50. The zero-order chi connectivity index (χ0) is 15.2. The molecule has 1 heterocycles. The van der Waals surface area contributed by atoms with Crippen molar-refractivity contribution in [3.05, 3.63) is 83.7 Å². The van der Waals surface area contributed by atoms with Crippen molar-refractivity contribution in [1.29, 1.82) is 0 Å². The van der Waals surface area contributed by atoms with Crippen molar-refractivity contribution < 1.29 is 0 Å². The van der Waals surface area contributed by atoms with Crippen LogP contribution in [0.1, 0.15) is 16.8 Å². The molecule has 0 amide bonds. The van der Waals surface area contributed by atoms with E-state index in [1.165, 1.54) is 5.56 Å². The summed E-state index contributed by atoms with van der Waals surface area (Å²) >= 11 is 0. The molecule has 2 aromatic carbocycles. The maximum absolute atomic E-state index is 4.66. The normalized spacial score (nSPS) is 10.4. The van der Waals surface area contributed by atoms with Crippen LogP contribution in [0, 0.1) is 6.92 Å². The maximum Gasteiger partial charge on any atom is 0.227 e. The Kier molecular flexibility index (Phi) is 4.44. The first kappa shape index (κ1) is 14.3. The Morgan fingerprint density at radius 2 is 1.55 bits per heavy atom. The van der Waals surface area contributed by atoms with E-state index in [-0.39, 0.29) is 0 Å². The van der Waals surface area contributed by atoms with Crippen LogP contribution in [0.5, 0.6) is 0 Å². The van der Waals surface area contributed by atoms with Crippen molar-refractivity contribution in [2.24, 2.45) is 0 Å². The van der Waals surface area contributed by atoms with E-state index in [2.05, 4.69) is 46.5 Å². The minimum absolute atomic E-state index is 0.653. The first-order chi connectivity index (χ1) is 10.8. The zero-order valence-corrected chi connectivity index (χ0v) is 12.7. The molecule has 3 heteroatoms. The van der Waals surface area contributed by atoms with Gasteiger partial charge in [-0.25, -0.2) is 9.97 Å². The molecule has 0 aliphatic carbocycles. The molecule has 0 unspecified atom stereocenters.